The molecule has 0 bridgehead atoms. The molecule has 0 spiro atoms. The number of carbonyl (C=O) groups is 2. The molecule has 0 saturated carbocycles. The number of hydrogen-bond donors (Lipinski definition) is 4. The summed E-state index contributed by atoms with van der Waals surface area (Å²) in [6, 6.07) is 7.97. The van der Waals surface area contributed by atoms with E-state index in [4.69, 9.17) is 21.1 Å². The maximum Gasteiger partial charge on any atom is 0.336 e. The zero-order chi connectivity index (χ0) is 33.1. The van der Waals surface area contributed by atoms with E-state index < -0.39 is 69.9 Å². The Balaban J connectivity index is 1.89. The number of hydrogen-bond acceptors (Lipinski definition) is 12. The number of azide groups is 1. The van der Waals surface area contributed by atoms with Crippen LogP contribution in [0.5, 0.6) is 0 Å². The molecule has 2 aliphatic rings. The molecule has 1 aliphatic heterocycles. The van der Waals surface area contributed by atoms with Crippen LogP contribution in [0.15, 0.2) is 61.8 Å². The maximum atomic E-state index is 12.8. The molecule has 0 aromatic heterocycles. The summed E-state index contributed by atoms with van der Waals surface area (Å²) in [5, 5.41) is 23.3. The molecule has 18 heteroatoms. The van der Waals surface area contributed by atoms with Gasteiger partial charge in [0.25, 0.3) is 5.91 Å². The van der Waals surface area contributed by atoms with Crippen LogP contribution < -0.4 is 16.4 Å². The van der Waals surface area contributed by atoms with Gasteiger partial charge in [0.05, 0.1) is 16.6 Å². The van der Waals surface area contributed by atoms with Gasteiger partial charge in [-0.05, 0) is 60.3 Å². The number of anilines is 1. The van der Waals surface area contributed by atoms with Crippen LogP contribution in [0.3, 0.4) is 0 Å². The minimum absolute atomic E-state index is 0.0444. The number of nitrogens with one attached hydrogen (secondary N) is 2. The minimum Gasteiger partial charge on any atom is -0.744 e. The van der Waals surface area contributed by atoms with Crippen LogP contribution in [-0.2, 0) is 20.2 Å². The van der Waals surface area contributed by atoms with E-state index in [9.17, 15) is 40.6 Å². The van der Waals surface area contributed by atoms with Gasteiger partial charge in [-0.2, -0.15) is 0 Å². The molecule has 0 atom stereocenters. The van der Waals surface area contributed by atoms with Crippen LogP contribution in [-0.4, -0.2) is 56.0 Å². The lowest BCUT2D eigenvalue weighted by molar-refractivity contribution is 0.0697. The van der Waals surface area contributed by atoms with E-state index in [0.29, 0.717) is 19.4 Å². The van der Waals surface area contributed by atoms with Gasteiger partial charge in [-0.15, -0.1) is 0 Å². The summed E-state index contributed by atoms with van der Waals surface area (Å²) < 4.78 is 78.7. The minimum atomic E-state index is -5.43. The normalized spacial score (nSPS) is 11.8. The number of carboxylic acids is 1. The van der Waals surface area contributed by atoms with Crippen molar-refractivity contribution in [3.05, 3.63) is 69.4 Å². The van der Waals surface area contributed by atoms with Crippen LogP contribution >= 0.6 is 0 Å². The van der Waals surface area contributed by atoms with Crippen molar-refractivity contribution >= 4 is 48.8 Å². The number of aromatic carboxylic acids is 1. The highest BCUT2D eigenvalue weighted by Gasteiger charge is 2.29. The van der Waals surface area contributed by atoms with E-state index in [2.05, 4.69) is 15.3 Å². The Morgan fingerprint density at radius 1 is 0.978 bits per heavy atom. The van der Waals surface area contributed by atoms with Crippen molar-refractivity contribution in [3.63, 3.8) is 0 Å². The molecule has 2 aromatic carbocycles. The van der Waals surface area contributed by atoms with Gasteiger partial charge in [-0.25, -0.2) is 21.6 Å². The van der Waals surface area contributed by atoms with Crippen molar-refractivity contribution in [1.82, 2.24) is 5.32 Å². The maximum absolute atomic E-state index is 12.8. The lowest BCUT2D eigenvalue weighted by atomic mass is 9.89. The Labute approximate surface area is 255 Å². The number of nitrogens with two attached hydrogens (primary N) is 1. The molecule has 0 radical (unpaired) electrons. The predicted molar refractivity (Wildman–Crippen MR) is 156 cm³/mol. The Morgan fingerprint density at radius 2 is 1.64 bits per heavy atom. The molecule has 1 amide bonds. The number of nitrogens with zero attached hydrogens (tertiary/aromatic N) is 3. The molecule has 236 valence electrons. The first kappa shape index (κ1) is 32.9. The lowest BCUT2D eigenvalue weighted by Gasteiger charge is -2.22. The summed E-state index contributed by atoms with van der Waals surface area (Å²) >= 11 is 0. The summed E-state index contributed by atoms with van der Waals surface area (Å²) in [5.41, 5.74) is 11.7. The number of fused-ring (bicyclic) bond motifs is 2. The third-order valence-corrected chi connectivity index (χ3v) is 8.64. The molecule has 1 heterocycles. The average molecular weight is 657 g/mol. The van der Waals surface area contributed by atoms with Gasteiger partial charge in [0.2, 0.25) is 0 Å². The first-order chi connectivity index (χ1) is 21.2. The van der Waals surface area contributed by atoms with Crippen LogP contribution in [0.2, 0.25) is 0 Å². The average Bonchev–Trinajstić information content (AvgIpc) is 2.95. The second kappa shape index (κ2) is 12.9. The van der Waals surface area contributed by atoms with Crippen LogP contribution in [0.25, 0.3) is 43.9 Å². The standard InChI is InChI=1S/C27H26N6O10S2/c28-19-9-7-16-21(17-8-10-20(29)25(45(40,41)42)23(17)43-22(16)24(19)44(37,38)39)15-6-5-14(13-18(15)27(35)36)26(34)31-11-3-1-2-4-12-32-33-30/h5-10,13,28H,1-4,11-12,29H2,(H,31,34)(H,35,36)(H,37,38,39)(H,40,41,42)/p-2. The second-order valence-corrected chi connectivity index (χ2v) is 12.4. The fraction of sp³-hybridized carbons (Fsp3) is 0.222. The predicted octanol–water partition coefficient (Wildman–Crippen LogP) is 3.37. The Hall–Kier alpha value is -5.00. The summed E-state index contributed by atoms with van der Waals surface area (Å²) in [5.74, 6) is -2.92. The summed E-state index contributed by atoms with van der Waals surface area (Å²) in [6.45, 7) is 0.642. The van der Waals surface area contributed by atoms with Gasteiger partial charge in [0, 0.05) is 40.1 Å². The number of benzene rings is 3. The first-order valence-corrected chi connectivity index (χ1v) is 15.9. The quantitative estimate of drug-likeness (QED) is 0.0326. The number of amides is 1. The molecule has 0 unspecified atom stereocenters. The van der Waals surface area contributed by atoms with E-state index in [-0.39, 0.29) is 34.2 Å². The SMILES string of the molecule is [N-]=[N+]=NCCCCCCNC(=O)c1ccc(-c2c3ccc(=N)c(S(=O)(=O)[O-])c-3oc3c(S(=O)(=O)[O-])c(N)ccc23)c(C(=O)O)c1. The molecule has 0 fully saturated rings. The van der Waals surface area contributed by atoms with Crippen LogP contribution in [0, 0.1) is 5.41 Å². The fourth-order valence-corrected chi connectivity index (χ4v) is 6.32. The van der Waals surface area contributed by atoms with Crippen molar-refractivity contribution in [2.75, 3.05) is 18.8 Å². The van der Waals surface area contributed by atoms with Crippen molar-refractivity contribution < 1.29 is 45.1 Å². The number of rotatable bonds is 12. The molecule has 2 aromatic rings. The third-order valence-electron chi connectivity index (χ3n) is 6.81. The van der Waals surface area contributed by atoms with Gasteiger partial charge < -0.3 is 29.7 Å². The second-order valence-electron chi connectivity index (χ2n) is 9.75. The van der Waals surface area contributed by atoms with Crippen molar-refractivity contribution in [2.24, 2.45) is 5.11 Å². The van der Waals surface area contributed by atoms with E-state index in [1.165, 1.54) is 24.3 Å². The number of carboxylic acid groups (broad SMARTS) is 1. The number of nitrogen functional groups attached to an aromatic ring is 1. The fourth-order valence-electron chi connectivity index (χ4n) is 4.87. The van der Waals surface area contributed by atoms with Gasteiger partial charge in [-0.3, -0.25) is 10.2 Å². The molecular weight excluding hydrogens is 632 g/mol. The van der Waals surface area contributed by atoms with Crippen LogP contribution in [0.4, 0.5) is 5.69 Å². The number of unbranched alkanes of at least 4 members (excludes halogenated alkanes) is 3. The smallest absolute Gasteiger partial charge is 0.336 e. The molecule has 4 rings (SSSR count). The van der Waals surface area contributed by atoms with E-state index >= 15 is 0 Å². The molecule has 0 saturated heterocycles. The van der Waals surface area contributed by atoms with E-state index in [1.807, 2.05) is 0 Å². The highest BCUT2D eigenvalue weighted by molar-refractivity contribution is 7.86. The Morgan fingerprint density at radius 3 is 2.29 bits per heavy atom. The van der Waals surface area contributed by atoms with E-state index in [1.54, 1.807) is 0 Å². The van der Waals surface area contributed by atoms with E-state index in [0.717, 1.165) is 31.0 Å². The molecule has 16 nitrogen and oxygen atoms in total. The molecule has 45 heavy (non-hydrogen) atoms. The van der Waals surface area contributed by atoms with Gasteiger partial charge >= 0.3 is 5.97 Å². The van der Waals surface area contributed by atoms with Crippen LogP contribution in [0.1, 0.15) is 46.4 Å². The zero-order valence-corrected chi connectivity index (χ0v) is 24.8. The van der Waals surface area contributed by atoms with Gasteiger partial charge in [-0.1, -0.05) is 24.0 Å². The third kappa shape index (κ3) is 6.89. The number of carbonyl (C=O) groups excluding carboxylic acids is 1. The van der Waals surface area contributed by atoms with Crippen molar-refractivity contribution in [1.29, 1.82) is 5.41 Å². The summed E-state index contributed by atoms with van der Waals surface area (Å²) in [7, 11) is -10.8. The molecular formula is C27H24N6O10S2-2. The summed E-state index contributed by atoms with van der Waals surface area (Å²) in [4.78, 5) is 25.7. The highest BCUT2D eigenvalue weighted by Crippen LogP contribution is 2.45. The molecule has 5 N–H and O–H groups in total. The zero-order valence-electron chi connectivity index (χ0n) is 23.1. The monoisotopic (exact) mass is 656 g/mol. The largest absolute Gasteiger partial charge is 0.744 e. The van der Waals surface area contributed by atoms with Gasteiger partial charge in [0.1, 0.15) is 30.0 Å². The van der Waals surface area contributed by atoms with Crippen molar-refractivity contribution in [2.45, 2.75) is 35.5 Å². The molecule has 1 aliphatic carbocycles. The lowest BCUT2D eigenvalue weighted by Crippen LogP contribution is -2.24. The van der Waals surface area contributed by atoms with Gasteiger partial charge in [0.15, 0.2) is 11.3 Å². The highest BCUT2D eigenvalue weighted by atomic mass is 32.2. The van der Waals surface area contributed by atoms with Crippen molar-refractivity contribution in [3.8, 4) is 22.5 Å². The Kier molecular flexibility index (Phi) is 9.45. The first-order valence-electron chi connectivity index (χ1n) is 13.1. The topological polar surface area (TPSA) is 293 Å². The Bertz CT molecular complexity index is 2140. The summed E-state index contributed by atoms with van der Waals surface area (Å²) in [6.07, 6.45) is 2.81.